The lowest BCUT2D eigenvalue weighted by atomic mass is 10.1. The summed E-state index contributed by atoms with van der Waals surface area (Å²) in [6.07, 6.45) is 0. The summed E-state index contributed by atoms with van der Waals surface area (Å²) in [6, 6.07) is 12.4. The largest absolute Gasteiger partial charge is 0.491 e. The molecular formula is C20H26N2O4S. The van der Waals surface area contributed by atoms with Crippen molar-refractivity contribution in [2.24, 2.45) is 0 Å². The van der Waals surface area contributed by atoms with Gasteiger partial charge >= 0.3 is 0 Å². The van der Waals surface area contributed by atoms with Gasteiger partial charge in [-0.2, -0.15) is 0 Å². The van der Waals surface area contributed by atoms with Crippen LogP contribution in [0.2, 0.25) is 0 Å². The van der Waals surface area contributed by atoms with Gasteiger partial charge in [-0.3, -0.25) is 9.10 Å². The van der Waals surface area contributed by atoms with E-state index in [4.69, 9.17) is 4.74 Å². The van der Waals surface area contributed by atoms with Crippen molar-refractivity contribution in [3.8, 4) is 5.75 Å². The monoisotopic (exact) mass is 390 g/mol. The molecule has 0 aromatic heterocycles. The van der Waals surface area contributed by atoms with Gasteiger partial charge in [0.15, 0.2) is 0 Å². The minimum absolute atomic E-state index is 0.0200. The van der Waals surface area contributed by atoms with Crippen LogP contribution in [-0.2, 0) is 10.0 Å². The zero-order chi connectivity index (χ0) is 20.0. The van der Waals surface area contributed by atoms with Crippen molar-refractivity contribution in [2.45, 2.75) is 20.8 Å². The maximum absolute atomic E-state index is 12.2. The van der Waals surface area contributed by atoms with E-state index in [-0.39, 0.29) is 11.7 Å². The summed E-state index contributed by atoms with van der Waals surface area (Å²) >= 11 is 0. The second-order valence-corrected chi connectivity index (χ2v) is 8.58. The van der Waals surface area contributed by atoms with Crippen molar-refractivity contribution in [2.75, 3.05) is 30.3 Å². The van der Waals surface area contributed by atoms with Crippen LogP contribution in [0.1, 0.15) is 28.4 Å². The topological polar surface area (TPSA) is 75.7 Å². The fourth-order valence-corrected chi connectivity index (χ4v) is 3.40. The number of nitrogens with one attached hydrogen (secondary N) is 1. The molecule has 2 aromatic carbocycles. The predicted octanol–water partition coefficient (Wildman–Crippen LogP) is 2.90. The summed E-state index contributed by atoms with van der Waals surface area (Å²) in [5.41, 5.74) is 3.22. The van der Waals surface area contributed by atoms with Gasteiger partial charge in [-0.25, -0.2) is 8.42 Å². The minimum atomic E-state index is -3.32. The maximum atomic E-state index is 12.2. The number of ether oxygens (including phenoxy) is 1. The quantitative estimate of drug-likeness (QED) is 0.703. The number of anilines is 1. The highest BCUT2D eigenvalue weighted by Crippen LogP contribution is 2.19. The van der Waals surface area contributed by atoms with Gasteiger partial charge < -0.3 is 10.1 Å². The Bertz CT molecular complexity index is 893. The van der Waals surface area contributed by atoms with Gasteiger partial charge in [0.1, 0.15) is 12.4 Å². The number of carbonyl (C=O) groups is 1. The molecule has 0 fully saturated rings. The average Bonchev–Trinajstić information content (AvgIpc) is 2.66. The van der Waals surface area contributed by atoms with Crippen molar-refractivity contribution < 1.29 is 17.9 Å². The third-order valence-corrected chi connectivity index (χ3v) is 6.03. The first-order valence-electron chi connectivity index (χ1n) is 8.79. The molecule has 27 heavy (non-hydrogen) atoms. The Morgan fingerprint density at radius 3 is 2.37 bits per heavy atom. The Balaban J connectivity index is 1.87. The summed E-state index contributed by atoms with van der Waals surface area (Å²) < 4.78 is 30.7. The standard InChI is InChI=1S/C20H26N2O4S/c1-5-27(24,25)22(4)18-9-7-17(8-10-18)20(23)21-12-13-26-19-11-6-15(2)14-16(19)3/h6-11,14H,5,12-13H2,1-4H3,(H,21,23). The van der Waals surface area contributed by atoms with Gasteiger partial charge in [0.05, 0.1) is 18.0 Å². The van der Waals surface area contributed by atoms with Crippen LogP contribution in [0, 0.1) is 13.8 Å². The van der Waals surface area contributed by atoms with Crippen LogP contribution in [0.3, 0.4) is 0 Å². The van der Waals surface area contributed by atoms with Crippen molar-refractivity contribution >= 4 is 21.6 Å². The molecule has 0 aliphatic carbocycles. The highest BCUT2D eigenvalue weighted by atomic mass is 32.2. The number of rotatable bonds is 8. The number of aryl methyl sites for hydroxylation is 2. The van der Waals surface area contributed by atoms with E-state index in [1.54, 1.807) is 31.2 Å². The molecule has 0 saturated carbocycles. The van der Waals surface area contributed by atoms with Crippen LogP contribution < -0.4 is 14.4 Å². The van der Waals surface area contributed by atoms with Gasteiger partial charge in [0.25, 0.3) is 5.91 Å². The van der Waals surface area contributed by atoms with Crippen LogP contribution in [0.15, 0.2) is 42.5 Å². The zero-order valence-electron chi connectivity index (χ0n) is 16.2. The molecule has 0 unspecified atom stereocenters. The number of nitrogens with zero attached hydrogens (tertiary/aromatic N) is 1. The van der Waals surface area contributed by atoms with Crippen molar-refractivity contribution in [1.29, 1.82) is 0 Å². The third kappa shape index (κ3) is 5.47. The van der Waals surface area contributed by atoms with E-state index < -0.39 is 10.0 Å². The molecule has 0 bridgehead atoms. The highest BCUT2D eigenvalue weighted by molar-refractivity contribution is 7.92. The lowest BCUT2D eigenvalue weighted by molar-refractivity contribution is 0.0947. The van der Waals surface area contributed by atoms with Crippen LogP contribution in [0.4, 0.5) is 5.69 Å². The normalized spacial score (nSPS) is 11.1. The molecule has 1 N–H and O–H groups in total. The number of carbonyl (C=O) groups excluding carboxylic acids is 1. The molecule has 0 heterocycles. The molecule has 2 rings (SSSR count). The molecule has 146 valence electrons. The Kier molecular flexibility index (Phi) is 6.85. The molecule has 7 heteroatoms. The molecule has 1 amide bonds. The molecule has 0 radical (unpaired) electrons. The Morgan fingerprint density at radius 2 is 1.78 bits per heavy atom. The summed E-state index contributed by atoms with van der Waals surface area (Å²) in [5, 5.41) is 2.79. The molecule has 2 aromatic rings. The molecule has 0 saturated heterocycles. The summed E-state index contributed by atoms with van der Waals surface area (Å²) in [5.74, 6) is 0.595. The SMILES string of the molecule is CCS(=O)(=O)N(C)c1ccc(C(=O)NCCOc2ccc(C)cc2C)cc1. The lowest BCUT2D eigenvalue weighted by Crippen LogP contribution is -2.29. The molecule has 0 atom stereocenters. The second-order valence-electron chi connectivity index (χ2n) is 6.29. The van der Waals surface area contributed by atoms with Gasteiger partial charge in [0, 0.05) is 12.6 Å². The van der Waals surface area contributed by atoms with Gasteiger partial charge in [-0.1, -0.05) is 17.7 Å². The van der Waals surface area contributed by atoms with E-state index in [0.717, 1.165) is 11.3 Å². The van der Waals surface area contributed by atoms with E-state index in [9.17, 15) is 13.2 Å². The van der Waals surface area contributed by atoms with Gasteiger partial charge in [-0.05, 0) is 56.7 Å². The fourth-order valence-electron chi connectivity index (χ4n) is 2.57. The Morgan fingerprint density at radius 1 is 1.11 bits per heavy atom. The van der Waals surface area contributed by atoms with Crippen LogP contribution >= 0.6 is 0 Å². The van der Waals surface area contributed by atoms with E-state index in [0.29, 0.717) is 24.4 Å². The van der Waals surface area contributed by atoms with E-state index >= 15 is 0 Å². The van der Waals surface area contributed by atoms with Crippen molar-refractivity contribution in [3.05, 3.63) is 59.2 Å². The third-order valence-electron chi connectivity index (χ3n) is 4.25. The van der Waals surface area contributed by atoms with Crippen LogP contribution in [0.5, 0.6) is 5.75 Å². The number of amides is 1. The molecule has 0 spiro atoms. The van der Waals surface area contributed by atoms with E-state index in [2.05, 4.69) is 5.32 Å². The van der Waals surface area contributed by atoms with Gasteiger partial charge in [0.2, 0.25) is 10.0 Å². The number of hydrogen-bond acceptors (Lipinski definition) is 4. The van der Waals surface area contributed by atoms with Crippen LogP contribution in [0.25, 0.3) is 0 Å². The Labute approximate surface area is 161 Å². The first-order valence-corrected chi connectivity index (χ1v) is 10.4. The lowest BCUT2D eigenvalue weighted by Gasteiger charge is -2.18. The zero-order valence-corrected chi connectivity index (χ0v) is 17.0. The maximum Gasteiger partial charge on any atom is 0.251 e. The predicted molar refractivity (Wildman–Crippen MR) is 108 cm³/mol. The molecular weight excluding hydrogens is 364 g/mol. The fraction of sp³-hybridized carbons (Fsp3) is 0.350. The number of sulfonamides is 1. The minimum Gasteiger partial charge on any atom is -0.491 e. The summed E-state index contributed by atoms with van der Waals surface area (Å²) in [7, 11) is -1.82. The van der Waals surface area contributed by atoms with E-state index in [1.807, 2.05) is 32.0 Å². The Hall–Kier alpha value is -2.54. The summed E-state index contributed by atoms with van der Waals surface area (Å²) in [6.45, 7) is 6.34. The smallest absolute Gasteiger partial charge is 0.251 e. The molecule has 0 aliphatic heterocycles. The van der Waals surface area contributed by atoms with Crippen molar-refractivity contribution in [1.82, 2.24) is 5.32 Å². The summed E-state index contributed by atoms with van der Waals surface area (Å²) in [4.78, 5) is 12.2. The highest BCUT2D eigenvalue weighted by Gasteiger charge is 2.16. The molecule has 6 nitrogen and oxygen atoms in total. The van der Waals surface area contributed by atoms with Gasteiger partial charge in [-0.15, -0.1) is 0 Å². The van der Waals surface area contributed by atoms with Crippen LogP contribution in [-0.4, -0.2) is 40.3 Å². The number of hydrogen-bond donors (Lipinski definition) is 1. The molecule has 0 aliphatic rings. The number of benzene rings is 2. The first kappa shape index (κ1) is 20.8. The average molecular weight is 391 g/mol. The first-order chi connectivity index (χ1) is 12.7. The van der Waals surface area contributed by atoms with Crippen molar-refractivity contribution in [3.63, 3.8) is 0 Å². The second kappa shape index (κ2) is 8.90. The van der Waals surface area contributed by atoms with E-state index in [1.165, 1.54) is 16.9 Å².